The number of amides is 2. The minimum absolute atomic E-state index is 0.0352. The Morgan fingerprint density at radius 3 is 2.94 bits per heavy atom. The number of carbonyl (C=O) groups excluding carboxylic acids is 2. The first-order valence-electron chi connectivity index (χ1n) is 10.8. The number of hydrogen-bond donors (Lipinski definition) is 1. The summed E-state index contributed by atoms with van der Waals surface area (Å²) >= 11 is 5.80. The first kappa shape index (κ1) is 22.1. The molecule has 2 aromatic heterocycles. The number of ether oxygens (including phenoxy) is 1. The van der Waals surface area contributed by atoms with Crippen LogP contribution in [0.5, 0.6) is 5.88 Å². The maximum atomic E-state index is 12.6. The molecule has 2 amide bonds. The molecule has 2 aliphatic rings. The van der Waals surface area contributed by atoms with Crippen molar-refractivity contribution in [2.45, 2.75) is 13.0 Å². The molecule has 0 bridgehead atoms. The summed E-state index contributed by atoms with van der Waals surface area (Å²) in [6.07, 6.45) is 7.50. The Labute approximate surface area is 200 Å². The first-order valence-corrected chi connectivity index (χ1v) is 11.2. The topological polar surface area (TPSA) is 97.0 Å². The third kappa shape index (κ3) is 4.37. The van der Waals surface area contributed by atoms with Crippen molar-refractivity contribution in [2.24, 2.45) is 4.99 Å². The zero-order chi connectivity index (χ0) is 23.7. The standard InChI is InChI=1S/C25H21ClN4O4/c26-21-8-7-17(12-27-21)24(32)28-20-6-2-4-18-14-29(25(33)23(18)20)13-16-3-1-5-19(11-16)30-9-10-34-15-22(30)31/h1-3,5-8,11-12,14,33H,4,9-10,13,15H2. The zero-order valence-electron chi connectivity index (χ0n) is 18.1. The molecule has 1 N–H and O–H groups in total. The minimum atomic E-state index is -0.466. The van der Waals surface area contributed by atoms with E-state index in [-0.39, 0.29) is 18.4 Å². The molecular formula is C25H21ClN4O4. The second kappa shape index (κ2) is 9.24. The molecule has 0 saturated carbocycles. The predicted octanol–water partition coefficient (Wildman–Crippen LogP) is 3.40. The van der Waals surface area contributed by atoms with Gasteiger partial charge in [-0.25, -0.2) is 9.98 Å². The summed E-state index contributed by atoms with van der Waals surface area (Å²) in [5.74, 6) is -0.505. The molecule has 172 valence electrons. The van der Waals surface area contributed by atoms with E-state index in [0.29, 0.717) is 48.1 Å². The van der Waals surface area contributed by atoms with Crippen LogP contribution < -0.4 is 4.90 Å². The highest BCUT2D eigenvalue weighted by molar-refractivity contribution is 6.29. The molecule has 1 saturated heterocycles. The summed E-state index contributed by atoms with van der Waals surface area (Å²) in [4.78, 5) is 34.7. The maximum absolute atomic E-state index is 12.6. The van der Waals surface area contributed by atoms with Gasteiger partial charge in [-0.2, -0.15) is 0 Å². The van der Waals surface area contributed by atoms with Crippen LogP contribution in [0.1, 0.15) is 27.0 Å². The van der Waals surface area contributed by atoms with Crippen LogP contribution in [-0.4, -0.2) is 51.9 Å². The number of halogens is 1. The van der Waals surface area contributed by atoms with Crippen molar-refractivity contribution in [1.29, 1.82) is 0 Å². The summed E-state index contributed by atoms with van der Waals surface area (Å²) in [7, 11) is 0. The zero-order valence-corrected chi connectivity index (χ0v) is 18.9. The van der Waals surface area contributed by atoms with Crippen molar-refractivity contribution >= 4 is 34.8 Å². The largest absolute Gasteiger partial charge is 0.494 e. The van der Waals surface area contributed by atoms with E-state index in [1.54, 1.807) is 21.6 Å². The van der Waals surface area contributed by atoms with Crippen molar-refractivity contribution < 1.29 is 19.4 Å². The van der Waals surface area contributed by atoms with Gasteiger partial charge in [-0.1, -0.05) is 29.8 Å². The highest BCUT2D eigenvalue weighted by Gasteiger charge is 2.23. The molecule has 3 heterocycles. The molecule has 3 aromatic rings. The van der Waals surface area contributed by atoms with Gasteiger partial charge in [0.05, 0.1) is 30.0 Å². The lowest BCUT2D eigenvalue weighted by molar-refractivity contribution is -0.125. The molecule has 0 atom stereocenters. The van der Waals surface area contributed by atoms with E-state index < -0.39 is 5.91 Å². The van der Waals surface area contributed by atoms with E-state index in [4.69, 9.17) is 16.3 Å². The monoisotopic (exact) mass is 476 g/mol. The Hall–Kier alpha value is -3.75. The number of rotatable bonds is 4. The first-order chi connectivity index (χ1) is 16.5. The van der Waals surface area contributed by atoms with Gasteiger partial charge in [-0.3, -0.25) is 9.59 Å². The van der Waals surface area contributed by atoms with Crippen LogP contribution >= 0.6 is 11.6 Å². The summed E-state index contributed by atoms with van der Waals surface area (Å²) in [5, 5.41) is 11.3. The van der Waals surface area contributed by atoms with E-state index in [2.05, 4.69) is 9.98 Å². The van der Waals surface area contributed by atoms with Crippen LogP contribution in [-0.2, 0) is 22.5 Å². The van der Waals surface area contributed by atoms with E-state index in [0.717, 1.165) is 16.8 Å². The third-order valence-electron chi connectivity index (χ3n) is 5.76. The summed E-state index contributed by atoms with van der Waals surface area (Å²) in [6, 6.07) is 10.7. The van der Waals surface area contributed by atoms with Crippen molar-refractivity contribution in [3.8, 4) is 5.88 Å². The second-order valence-electron chi connectivity index (χ2n) is 8.03. The molecule has 1 fully saturated rings. The predicted molar refractivity (Wildman–Crippen MR) is 128 cm³/mol. The van der Waals surface area contributed by atoms with Crippen LogP contribution in [0, 0.1) is 0 Å². The second-order valence-corrected chi connectivity index (χ2v) is 8.41. The number of anilines is 1. The van der Waals surface area contributed by atoms with Gasteiger partial charge < -0.3 is 19.3 Å². The lowest BCUT2D eigenvalue weighted by Crippen LogP contribution is -2.41. The number of nitrogens with zero attached hydrogens (tertiary/aromatic N) is 4. The fourth-order valence-electron chi connectivity index (χ4n) is 4.12. The smallest absolute Gasteiger partial charge is 0.279 e. The molecule has 1 aromatic carbocycles. The Balaban J connectivity index is 1.41. The Morgan fingerprint density at radius 1 is 1.26 bits per heavy atom. The molecule has 1 aliphatic carbocycles. The molecule has 0 radical (unpaired) electrons. The fourth-order valence-corrected chi connectivity index (χ4v) is 4.23. The molecular weight excluding hydrogens is 456 g/mol. The molecule has 9 heteroatoms. The number of benzene rings is 1. The van der Waals surface area contributed by atoms with Gasteiger partial charge in [0.15, 0.2) is 0 Å². The summed E-state index contributed by atoms with van der Waals surface area (Å²) in [5.41, 5.74) is 3.84. The lowest BCUT2D eigenvalue weighted by Gasteiger charge is -2.27. The average molecular weight is 477 g/mol. The van der Waals surface area contributed by atoms with Gasteiger partial charge in [0.2, 0.25) is 5.88 Å². The Bertz CT molecular complexity index is 1330. The number of fused-ring (bicyclic) bond motifs is 1. The van der Waals surface area contributed by atoms with Crippen molar-refractivity contribution in [3.05, 3.63) is 88.4 Å². The summed E-state index contributed by atoms with van der Waals surface area (Å²) < 4.78 is 6.94. The van der Waals surface area contributed by atoms with E-state index in [9.17, 15) is 14.7 Å². The molecule has 1 aliphatic heterocycles. The van der Waals surface area contributed by atoms with Crippen molar-refractivity contribution in [2.75, 3.05) is 24.7 Å². The van der Waals surface area contributed by atoms with Gasteiger partial charge in [-0.05, 0) is 47.9 Å². The molecule has 34 heavy (non-hydrogen) atoms. The van der Waals surface area contributed by atoms with Crippen LogP contribution in [0.3, 0.4) is 0 Å². The SMILES string of the molecule is O=C(N=C1C=CCc2cn(Cc3cccc(N4CCOCC4=O)c3)c(O)c21)c1ccc(Cl)nc1. The van der Waals surface area contributed by atoms with Crippen LogP contribution in [0.25, 0.3) is 0 Å². The Kier molecular flexibility index (Phi) is 6.00. The third-order valence-corrected chi connectivity index (χ3v) is 5.98. The fraction of sp³-hybridized carbons (Fsp3) is 0.200. The molecule has 5 rings (SSSR count). The number of morpholine rings is 1. The number of hydrogen-bond acceptors (Lipinski definition) is 5. The lowest BCUT2D eigenvalue weighted by atomic mass is 9.99. The van der Waals surface area contributed by atoms with Gasteiger partial charge in [0.1, 0.15) is 11.8 Å². The Morgan fingerprint density at radius 2 is 2.15 bits per heavy atom. The van der Waals surface area contributed by atoms with Crippen LogP contribution in [0.4, 0.5) is 5.69 Å². The number of allylic oxidation sites excluding steroid dienone is 2. The number of aliphatic imine (C=N–C) groups is 1. The van der Waals surface area contributed by atoms with Gasteiger partial charge in [0.25, 0.3) is 11.8 Å². The van der Waals surface area contributed by atoms with E-state index >= 15 is 0 Å². The normalized spacial score (nSPS) is 16.7. The van der Waals surface area contributed by atoms with Crippen LogP contribution in [0.2, 0.25) is 5.15 Å². The number of aromatic nitrogens is 2. The number of pyridine rings is 1. The quantitative estimate of drug-likeness (QED) is 0.582. The highest BCUT2D eigenvalue weighted by atomic mass is 35.5. The summed E-state index contributed by atoms with van der Waals surface area (Å²) in [6.45, 7) is 1.48. The minimum Gasteiger partial charge on any atom is -0.494 e. The number of carbonyl (C=O) groups is 2. The maximum Gasteiger partial charge on any atom is 0.279 e. The van der Waals surface area contributed by atoms with Gasteiger partial charge in [0, 0.05) is 24.6 Å². The number of aromatic hydroxyl groups is 1. The van der Waals surface area contributed by atoms with Gasteiger partial charge in [-0.15, -0.1) is 0 Å². The van der Waals surface area contributed by atoms with E-state index in [1.165, 1.54) is 12.3 Å². The van der Waals surface area contributed by atoms with E-state index in [1.807, 2.05) is 36.5 Å². The molecule has 0 spiro atoms. The van der Waals surface area contributed by atoms with Gasteiger partial charge >= 0.3 is 0 Å². The molecule has 0 unspecified atom stereocenters. The molecule has 8 nitrogen and oxygen atoms in total. The van der Waals surface area contributed by atoms with Crippen molar-refractivity contribution in [3.63, 3.8) is 0 Å². The van der Waals surface area contributed by atoms with Crippen molar-refractivity contribution in [1.82, 2.24) is 9.55 Å². The average Bonchev–Trinajstić information content (AvgIpc) is 3.16. The highest BCUT2D eigenvalue weighted by Crippen LogP contribution is 2.30. The van der Waals surface area contributed by atoms with Crippen LogP contribution in [0.15, 0.2) is 65.9 Å².